The van der Waals surface area contributed by atoms with Gasteiger partial charge < -0.3 is 15.2 Å². The Morgan fingerprint density at radius 3 is 2.72 bits per heavy atom. The molecule has 0 saturated carbocycles. The summed E-state index contributed by atoms with van der Waals surface area (Å²) < 4.78 is 40.4. The van der Waals surface area contributed by atoms with E-state index in [0.29, 0.717) is 16.8 Å². The molecule has 0 bridgehead atoms. The molecule has 0 saturated heterocycles. The van der Waals surface area contributed by atoms with Crippen LogP contribution in [0, 0.1) is 0 Å². The normalized spacial score (nSPS) is 11.3. The van der Waals surface area contributed by atoms with Crippen LogP contribution >= 0.6 is 11.3 Å². The molecule has 3 aromatic rings. The van der Waals surface area contributed by atoms with Crippen molar-refractivity contribution in [3.05, 3.63) is 59.2 Å². The lowest BCUT2D eigenvalue weighted by molar-refractivity contribution is -0.137. The molecule has 2 N–H and O–H groups in total. The quantitative estimate of drug-likeness (QED) is 0.630. The number of carbonyl (C=O) groups is 2. The highest BCUT2D eigenvalue weighted by Gasteiger charge is 2.30. The number of thiazole rings is 1. The lowest BCUT2D eigenvalue weighted by Crippen LogP contribution is -2.32. The van der Waals surface area contributed by atoms with E-state index in [1.54, 1.807) is 23.8 Å². The second-order valence-corrected chi connectivity index (χ2v) is 6.94. The average Bonchev–Trinajstić information content (AvgIpc) is 3.35. The number of rotatable bonds is 6. The average molecular weight is 422 g/mol. The Bertz CT molecular complexity index is 1030. The Balaban J connectivity index is 1.58. The van der Waals surface area contributed by atoms with E-state index in [2.05, 4.69) is 15.6 Å². The number of aromatic nitrogens is 2. The summed E-state index contributed by atoms with van der Waals surface area (Å²) in [6.07, 6.45) is -1.01. The van der Waals surface area contributed by atoms with Crippen molar-refractivity contribution in [2.75, 3.05) is 11.9 Å². The van der Waals surface area contributed by atoms with Crippen LogP contribution in [0.4, 0.5) is 18.3 Å². The van der Waals surface area contributed by atoms with Crippen molar-refractivity contribution in [3.8, 4) is 11.3 Å². The number of nitrogens with zero attached hydrogens (tertiary/aromatic N) is 2. The lowest BCUT2D eigenvalue weighted by Gasteiger charge is -2.07. The minimum Gasteiger partial charge on any atom is -0.354 e. The standard InChI is InChI=1S/C19H17F3N4O2S/c1-2-26-7-6-13(10-26)17(28)23-9-16(27)25-18-24-15(11-29-18)12-4-3-5-14(8-12)19(20,21)22/h3-8,10-11H,2,9H2,1H3,(H,23,28)(H,24,25,27). The van der Waals surface area contributed by atoms with Crippen molar-refractivity contribution in [1.29, 1.82) is 0 Å². The first-order valence-corrected chi connectivity index (χ1v) is 9.51. The zero-order valence-corrected chi connectivity index (χ0v) is 16.1. The van der Waals surface area contributed by atoms with Gasteiger partial charge in [-0.25, -0.2) is 4.98 Å². The summed E-state index contributed by atoms with van der Waals surface area (Å²) in [4.78, 5) is 28.2. The van der Waals surface area contributed by atoms with Gasteiger partial charge in [-0.05, 0) is 25.1 Å². The van der Waals surface area contributed by atoms with Crippen LogP contribution in [0.5, 0.6) is 0 Å². The summed E-state index contributed by atoms with van der Waals surface area (Å²) in [6.45, 7) is 2.41. The van der Waals surface area contributed by atoms with Gasteiger partial charge in [-0.3, -0.25) is 9.59 Å². The van der Waals surface area contributed by atoms with Gasteiger partial charge in [-0.2, -0.15) is 13.2 Å². The molecule has 1 aromatic carbocycles. The van der Waals surface area contributed by atoms with E-state index in [9.17, 15) is 22.8 Å². The number of anilines is 1. The molecule has 0 radical (unpaired) electrons. The number of alkyl halides is 3. The van der Waals surface area contributed by atoms with E-state index >= 15 is 0 Å². The largest absolute Gasteiger partial charge is 0.416 e. The maximum Gasteiger partial charge on any atom is 0.416 e. The van der Waals surface area contributed by atoms with Crippen LogP contribution in [0.1, 0.15) is 22.8 Å². The Morgan fingerprint density at radius 2 is 2.03 bits per heavy atom. The van der Waals surface area contributed by atoms with Gasteiger partial charge >= 0.3 is 6.18 Å². The molecule has 0 aliphatic heterocycles. The molecule has 29 heavy (non-hydrogen) atoms. The third-order valence-corrected chi connectivity index (χ3v) is 4.78. The predicted molar refractivity (Wildman–Crippen MR) is 104 cm³/mol. The number of halogens is 3. The van der Waals surface area contributed by atoms with Crippen molar-refractivity contribution in [2.24, 2.45) is 0 Å². The summed E-state index contributed by atoms with van der Waals surface area (Å²) in [7, 11) is 0. The maximum absolute atomic E-state index is 12.8. The molecule has 0 spiro atoms. The number of hydrogen-bond acceptors (Lipinski definition) is 4. The van der Waals surface area contributed by atoms with Crippen molar-refractivity contribution in [3.63, 3.8) is 0 Å². The lowest BCUT2D eigenvalue weighted by atomic mass is 10.1. The summed E-state index contributed by atoms with van der Waals surface area (Å²) in [5.41, 5.74) is 0.292. The topological polar surface area (TPSA) is 76.0 Å². The molecule has 2 aromatic heterocycles. The van der Waals surface area contributed by atoms with Gasteiger partial charge in [0, 0.05) is 29.9 Å². The van der Waals surface area contributed by atoms with E-state index in [1.165, 1.54) is 12.1 Å². The zero-order chi connectivity index (χ0) is 21.0. The minimum atomic E-state index is -4.45. The van der Waals surface area contributed by atoms with Crippen LogP contribution < -0.4 is 10.6 Å². The Kier molecular flexibility index (Phi) is 6.02. The molecule has 152 valence electrons. The second kappa shape index (κ2) is 8.48. The number of amides is 2. The first-order valence-electron chi connectivity index (χ1n) is 8.63. The van der Waals surface area contributed by atoms with Crippen molar-refractivity contribution in [2.45, 2.75) is 19.6 Å². The first kappa shape index (κ1) is 20.6. The van der Waals surface area contributed by atoms with Crippen LogP contribution in [0.15, 0.2) is 48.1 Å². The van der Waals surface area contributed by atoms with Gasteiger partial charge in [0.15, 0.2) is 5.13 Å². The molecular weight excluding hydrogens is 405 g/mol. The molecule has 0 unspecified atom stereocenters. The Morgan fingerprint density at radius 1 is 1.24 bits per heavy atom. The van der Waals surface area contributed by atoms with Crippen LogP contribution in [0.3, 0.4) is 0 Å². The molecule has 0 aliphatic rings. The van der Waals surface area contributed by atoms with Gasteiger partial charge in [-0.15, -0.1) is 11.3 Å². The third-order valence-electron chi connectivity index (χ3n) is 4.02. The molecule has 0 atom stereocenters. The molecule has 2 heterocycles. The third kappa shape index (κ3) is 5.23. The van der Waals surface area contributed by atoms with E-state index in [-0.39, 0.29) is 17.6 Å². The zero-order valence-electron chi connectivity index (χ0n) is 15.3. The van der Waals surface area contributed by atoms with Gasteiger partial charge in [0.25, 0.3) is 5.91 Å². The molecule has 0 aliphatic carbocycles. The maximum atomic E-state index is 12.8. The highest BCUT2D eigenvalue weighted by Crippen LogP contribution is 2.33. The van der Waals surface area contributed by atoms with Gasteiger partial charge in [-0.1, -0.05) is 12.1 Å². The summed E-state index contributed by atoms with van der Waals surface area (Å²) >= 11 is 1.08. The molecule has 0 fully saturated rings. The van der Waals surface area contributed by atoms with Crippen LogP contribution in [0.2, 0.25) is 0 Å². The molecular formula is C19H17F3N4O2S. The van der Waals surface area contributed by atoms with Crippen molar-refractivity contribution < 1.29 is 22.8 Å². The smallest absolute Gasteiger partial charge is 0.354 e. The summed E-state index contributed by atoms with van der Waals surface area (Å²) in [6, 6.07) is 6.45. The fourth-order valence-electron chi connectivity index (χ4n) is 2.52. The Hall–Kier alpha value is -3.14. The number of aryl methyl sites for hydroxylation is 1. The molecule has 2 amide bonds. The van der Waals surface area contributed by atoms with Crippen LogP contribution in [0.25, 0.3) is 11.3 Å². The SMILES string of the molecule is CCn1ccc(C(=O)NCC(=O)Nc2nc(-c3cccc(C(F)(F)F)c3)cs2)c1. The van der Waals surface area contributed by atoms with E-state index < -0.39 is 17.6 Å². The monoisotopic (exact) mass is 422 g/mol. The van der Waals surface area contributed by atoms with Crippen molar-refractivity contribution >= 4 is 28.3 Å². The summed E-state index contributed by atoms with van der Waals surface area (Å²) in [5, 5.41) is 6.82. The number of nitrogens with one attached hydrogen (secondary N) is 2. The number of benzene rings is 1. The van der Waals surface area contributed by atoms with E-state index in [4.69, 9.17) is 0 Å². The first-order chi connectivity index (χ1) is 13.8. The van der Waals surface area contributed by atoms with Gasteiger partial charge in [0.1, 0.15) is 0 Å². The predicted octanol–water partition coefficient (Wildman–Crippen LogP) is 4.02. The fraction of sp³-hybridized carbons (Fsp3) is 0.211. The Labute approximate surface area is 168 Å². The molecule has 3 rings (SSSR count). The summed E-state index contributed by atoms with van der Waals surface area (Å²) in [5.74, 6) is -0.866. The minimum absolute atomic E-state index is 0.230. The van der Waals surface area contributed by atoms with Crippen LogP contribution in [-0.4, -0.2) is 27.9 Å². The number of carbonyl (C=O) groups excluding carboxylic acids is 2. The number of hydrogen-bond donors (Lipinski definition) is 2. The van der Waals surface area contributed by atoms with Crippen LogP contribution in [-0.2, 0) is 17.5 Å². The highest BCUT2D eigenvalue weighted by atomic mass is 32.1. The molecule has 6 nitrogen and oxygen atoms in total. The fourth-order valence-corrected chi connectivity index (χ4v) is 3.25. The van der Waals surface area contributed by atoms with Gasteiger partial charge in [0.05, 0.1) is 23.4 Å². The van der Waals surface area contributed by atoms with E-state index in [0.717, 1.165) is 30.0 Å². The van der Waals surface area contributed by atoms with Crippen molar-refractivity contribution in [1.82, 2.24) is 14.9 Å². The highest BCUT2D eigenvalue weighted by molar-refractivity contribution is 7.14. The van der Waals surface area contributed by atoms with E-state index in [1.807, 2.05) is 11.5 Å². The molecule has 10 heteroatoms. The second-order valence-electron chi connectivity index (χ2n) is 6.08. The van der Waals surface area contributed by atoms with Gasteiger partial charge in [0.2, 0.25) is 5.91 Å².